The molecule has 2 N–H and O–H groups in total. The third-order valence-corrected chi connectivity index (χ3v) is 2.33. The molecule has 4 nitrogen and oxygen atoms in total. The van der Waals surface area contributed by atoms with E-state index in [1.54, 1.807) is 0 Å². The lowest BCUT2D eigenvalue weighted by atomic mass is 10.1. The van der Waals surface area contributed by atoms with Crippen LogP contribution in [0.25, 0.3) is 0 Å². The van der Waals surface area contributed by atoms with Crippen LogP contribution in [-0.4, -0.2) is 44.2 Å². The molecular weight excluding hydrogens is 145 g/mol. The number of nitrogens with one attached hydrogen (secondary N) is 1. The zero-order chi connectivity index (χ0) is 7.84. The summed E-state index contributed by atoms with van der Waals surface area (Å²) in [6.07, 6.45) is -0.0964. The van der Waals surface area contributed by atoms with E-state index < -0.39 is 6.10 Å². The van der Waals surface area contributed by atoms with Crippen molar-refractivity contribution in [2.75, 3.05) is 6.79 Å². The average molecular weight is 155 g/mol. The summed E-state index contributed by atoms with van der Waals surface area (Å²) >= 11 is 0. The van der Waals surface area contributed by atoms with Gasteiger partial charge in [-0.05, 0) is 6.42 Å². The van der Waals surface area contributed by atoms with Crippen molar-refractivity contribution >= 4 is 7.98 Å². The van der Waals surface area contributed by atoms with E-state index in [-0.39, 0.29) is 25.0 Å². The summed E-state index contributed by atoms with van der Waals surface area (Å²) in [7, 11) is 5.26. The number of aliphatic hydroxyl groups is 1. The van der Waals surface area contributed by atoms with Gasteiger partial charge in [0.05, 0.1) is 6.10 Å². The molecule has 0 bridgehead atoms. The zero-order valence-electron chi connectivity index (χ0n) is 6.06. The minimum absolute atomic E-state index is 0.0255. The number of fused-ring (bicyclic) bond motifs is 1. The van der Waals surface area contributed by atoms with Crippen LogP contribution in [0.15, 0.2) is 0 Å². The highest BCUT2D eigenvalue weighted by molar-refractivity contribution is 6.04. The molecule has 1 aliphatic carbocycles. The lowest BCUT2D eigenvalue weighted by molar-refractivity contribution is -0.0124. The van der Waals surface area contributed by atoms with Crippen molar-refractivity contribution in [2.24, 2.45) is 0 Å². The molecule has 0 unspecified atom stereocenters. The van der Waals surface area contributed by atoms with E-state index in [2.05, 4.69) is 5.23 Å². The van der Waals surface area contributed by atoms with Gasteiger partial charge in [-0.15, -0.1) is 0 Å². The van der Waals surface area contributed by atoms with Crippen LogP contribution in [0.2, 0.25) is 0 Å². The number of ether oxygens (including phenoxy) is 2. The molecule has 0 aromatic heterocycles. The SMILES string of the molecule is [B]N[C@@H]1C[C@H](O)[C@H]2OCO[C@H]21. The van der Waals surface area contributed by atoms with E-state index in [1.807, 2.05) is 0 Å². The molecule has 2 rings (SSSR count). The number of hydrogen-bond acceptors (Lipinski definition) is 4. The van der Waals surface area contributed by atoms with Gasteiger partial charge in [0, 0.05) is 6.04 Å². The third kappa shape index (κ3) is 1.08. The van der Waals surface area contributed by atoms with Crippen molar-refractivity contribution in [3.8, 4) is 0 Å². The van der Waals surface area contributed by atoms with E-state index >= 15 is 0 Å². The number of rotatable bonds is 1. The smallest absolute Gasteiger partial charge is 0.178 e. The van der Waals surface area contributed by atoms with Gasteiger partial charge in [0.15, 0.2) is 7.98 Å². The molecule has 1 saturated heterocycles. The first-order valence-corrected chi connectivity index (χ1v) is 3.70. The first-order chi connectivity index (χ1) is 5.33. The third-order valence-electron chi connectivity index (χ3n) is 2.33. The summed E-state index contributed by atoms with van der Waals surface area (Å²) in [4.78, 5) is 0. The molecule has 2 aliphatic rings. The fourth-order valence-corrected chi connectivity index (χ4v) is 1.75. The van der Waals surface area contributed by atoms with Gasteiger partial charge in [0.2, 0.25) is 0 Å². The van der Waals surface area contributed by atoms with Gasteiger partial charge in [-0.25, -0.2) is 0 Å². The molecule has 1 aliphatic heterocycles. The predicted molar refractivity (Wildman–Crippen MR) is 37.9 cm³/mol. The summed E-state index contributed by atoms with van der Waals surface area (Å²) in [6, 6.07) is 0.0255. The van der Waals surface area contributed by atoms with Crippen LogP contribution in [0.5, 0.6) is 0 Å². The Morgan fingerprint density at radius 3 is 2.82 bits per heavy atom. The normalized spacial score (nSPS) is 49.5. The van der Waals surface area contributed by atoms with Crippen molar-refractivity contribution in [1.82, 2.24) is 5.23 Å². The average Bonchev–Trinajstić information content (AvgIpc) is 2.54. The van der Waals surface area contributed by atoms with E-state index in [0.717, 1.165) is 0 Å². The Kier molecular flexibility index (Phi) is 1.89. The molecule has 0 aromatic rings. The van der Waals surface area contributed by atoms with Gasteiger partial charge in [-0.1, -0.05) is 0 Å². The second kappa shape index (κ2) is 2.75. The minimum atomic E-state index is -0.441. The Balaban J connectivity index is 2.07. The van der Waals surface area contributed by atoms with Gasteiger partial charge in [-0.3, -0.25) is 0 Å². The van der Waals surface area contributed by atoms with Gasteiger partial charge in [-0.2, -0.15) is 0 Å². The Morgan fingerprint density at radius 1 is 1.36 bits per heavy atom. The first-order valence-electron chi connectivity index (χ1n) is 3.70. The monoisotopic (exact) mass is 155 g/mol. The van der Waals surface area contributed by atoms with E-state index in [9.17, 15) is 5.11 Å². The summed E-state index contributed by atoms with van der Waals surface area (Å²) in [6.45, 7) is 0.268. The maximum atomic E-state index is 9.40. The molecule has 5 heteroatoms. The lowest BCUT2D eigenvalue weighted by Gasteiger charge is -2.14. The fourth-order valence-electron chi connectivity index (χ4n) is 1.75. The molecule has 1 saturated carbocycles. The fraction of sp³-hybridized carbons (Fsp3) is 1.00. The van der Waals surface area contributed by atoms with E-state index in [1.165, 1.54) is 0 Å². The van der Waals surface area contributed by atoms with Crippen LogP contribution in [0.3, 0.4) is 0 Å². The Morgan fingerprint density at radius 2 is 2.09 bits per heavy atom. The highest BCUT2D eigenvalue weighted by atomic mass is 16.7. The number of hydrogen-bond donors (Lipinski definition) is 2. The topological polar surface area (TPSA) is 50.7 Å². The largest absolute Gasteiger partial charge is 0.390 e. The highest BCUT2D eigenvalue weighted by Crippen LogP contribution is 2.29. The molecule has 2 radical (unpaired) electrons. The molecule has 1 heterocycles. The van der Waals surface area contributed by atoms with Crippen molar-refractivity contribution in [3.63, 3.8) is 0 Å². The highest BCUT2D eigenvalue weighted by Gasteiger charge is 2.46. The van der Waals surface area contributed by atoms with Crippen molar-refractivity contribution in [1.29, 1.82) is 0 Å². The zero-order valence-corrected chi connectivity index (χ0v) is 6.06. The van der Waals surface area contributed by atoms with Crippen molar-refractivity contribution in [2.45, 2.75) is 30.8 Å². The Bertz CT molecular complexity index is 157. The summed E-state index contributed by atoms with van der Waals surface area (Å²) in [5.41, 5.74) is 0. The van der Waals surface area contributed by atoms with E-state index in [0.29, 0.717) is 6.42 Å². The van der Waals surface area contributed by atoms with Crippen LogP contribution in [0, 0.1) is 0 Å². The maximum absolute atomic E-state index is 9.40. The predicted octanol–water partition coefficient (Wildman–Crippen LogP) is -1.47. The summed E-state index contributed by atoms with van der Waals surface area (Å²) in [5.74, 6) is 0. The van der Waals surface area contributed by atoms with Crippen LogP contribution in [0.4, 0.5) is 0 Å². The standard InChI is InChI=1S/C6H10BNO3/c7-8-3-1-4(9)6-5(3)10-2-11-6/h3-6,8-9H,1-2H2/t3-,4+,5+,6-/m1/s1. The second-order valence-electron chi connectivity index (χ2n) is 2.96. The maximum Gasteiger partial charge on any atom is 0.178 e. The lowest BCUT2D eigenvalue weighted by Crippen LogP contribution is -2.37. The summed E-state index contributed by atoms with van der Waals surface area (Å²) < 4.78 is 10.4. The van der Waals surface area contributed by atoms with Crippen LogP contribution in [-0.2, 0) is 9.47 Å². The van der Waals surface area contributed by atoms with Crippen LogP contribution >= 0.6 is 0 Å². The molecular formula is C6H10BNO3. The second-order valence-corrected chi connectivity index (χ2v) is 2.96. The first kappa shape index (κ1) is 7.55. The Labute approximate surface area is 66.3 Å². The van der Waals surface area contributed by atoms with Crippen LogP contribution < -0.4 is 5.23 Å². The molecule has 4 atom stereocenters. The van der Waals surface area contributed by atoms with Gasteiger partial charge in [0.1, 0.15) is 19.0 Å². The molecule has 0 spiro atoms. The molecule has 0 amide bonds. The molecule has 0 aromatic carbocycles. The van der Waals surface area contributed by atoms with Crippen LogP contribution in [0.1, 0.15) is 6.42 Å². The minimum Gasteiger partial charge on any atom is -0.390 e. The van der Waals surface area contributed by atoms with E-state index in [4.69, 9.17) is 17.5 Å². The molecule has 2 fully saturated rings. The van der Waals surface area contributed by atoms with Gasteiger partial charge in [0.25, 0.3) is 0 Å². The molecule has 11 heavy (non-hydrogen) atoms. The molecule has 60 valence electrons. The Hall–Kier alpha value is -0.0951. The summed E-state index contributed by atoms with van der Waals surface area (Å²) in [5, 5.41) is 12.0. The van der Waals surface area contributed by atoms with Crippen molar-refractivity contribution < 1.29 is 14.6 Å². The van der Waals surface area contributed by atoms with Crippen molar-refractivity contribution in [3.05, 3.63) is 0 Å². The van der Waals surface area contributed by atoms with Gasteiger partial charge < -0.3 is 19.8 Å². The van der Waals surface area contributed by atoms with Gasteiger partial charge >= 0.3 is 0 Å². The number of aliphatic hydroxyl groups excluding tert-OH is 1. The quantitative estimate of drug-likeness (QED) is 0.454.